The molecule has 0 saturated heterocycles. The van der Waals surface area contributed by atoms with Crippen molar-refractivity contribution in [3.63, 3.8) is 0 Å². The molecule has 0 fully saturated rings. The first-order chi connectivity index (χ1) is 7.29. The van der Waals surface area contributed by atoms with Crippen LogP contribution in [0.15, 0.2) is 42.5 Å². The van der Waals surface area contributed by atoms with E-state index < -0.39 is 6.10 Å². The van der Waals surface area contributed by atoms with Crippen LogP contribution in [0.4, 0.5) is 4.39 Å². The average molecular weight is 200 g/mol. The highest BCUT2D eigenvalue weighted by Crippen LogP contribution is 2.44. The summed E-state index contributed by atoms with van der Waals surface area (Å²) in [7, 11) is 0. The van der Waals surface area contributed by atoms with Crippen molar-refractivity contribution in [1.82, 2.24) is 0 Å². The van der Waals surface area contributed by atoms with Crippen molar-refractivity contribution in [2.75, 3.05) is 0 Å². The summed E-state index contributed by atoms with van der Waals surface area (Å²) in [5, 5.41) is 9.99. The molecule has 0 amide bonds. The molecule has 1 atom stereocenters. The maximum Gasteiger partial charge on any atom is 0.131 e. The van der Waals surface area contributed by atoms with Gasteiger partial charge in [0.1, 0.15) is 11.9 Å². The van der Waals surface area contributed by atoms with Gasteiger partial charge in [0.25, 0.3) is 0 Å². The molecular formula is C13H9FO. The monoisotopic (exact) mass is 200 g/mol. The lowest BCUT2D eigenvalue weighted by molar-refractivity contribution is 0.225. The lowest BCUT2D eigenvalue weighted by atomic mass is 10.1. The van der Waals surface area contributed by atoms with Gasteiger partial charge >= 0.3 is 0 Å². The number of fused-ring (bicyclic) bond motifs is 3. The molecule has 0 radical (unpaired) electrons. The van der Waals surface area contributed by atoms with E-state index in [1.807, 2.05) is 24.3 Å². The molecule has 0 spiro atoms. The average Bonchev–Trinajstić information content (AvgIpc) is 2.55. The smallest absolute Gasteiger partial charge is 0.131 e. The Morgan fingerprint density at radius 1 is 0.933 bits per heavy atom. The van der Waals surface area contributed by atoms with E-state index >= 15 is 0 Å². The molecule has 0 heterocycles. The standard InChI is InChI=1S/C13H9FO/c14-11-7-3-6-10-12(11)8-4-1-2-5-9(8)13(10)15/h1-7,13,15H/t13-/m1/s1. The van der Waals surface area contributed by atoms with Gasteiger partial charge in [-0.3, -0.25) is 0 Å². The predicted molar refractivity (Wildman–Crippen MR) is 55.9 cm³/mol. The lowest BCUT2D eigenvalue weighted by Crippen LogP contribution is -1.93. The molecule has 0 bridgehead atoms. The van der Waals surface area contributed by atoms with E-state index in [4.69, 9.17) is 0 Å². The molecule has 74 valence electrons. The summed E-state index contributed by atoms with van der Waals surface area (Å²) in [6.45, 7) is 0. The molecule has 0 aliphatic heterocycles. The zero-order valence-electron chi connectivity index (χ0n) is 7.94. The maximum atomic E-state index is 13.6. The first-order valence-electron chi connectivity index (χ1n) is 4.85. The molecule has 0 saturated carbocycles. The van der Waals surface area contributed by atoms with Crippen molar-refractivity contribution in [3.05, 3.63) is 59.4 Å². The number of aliphatic hydroxyl groups is 1. The van der Waals surface area contributed by atoms with E-state index in [-0.39, 0.29) is 5.82 Å². The Morgan fingerprint density at radius 3 is 2.53 bits per heavy atom. The largest absolute Gasteiger partial charge is 0.384 e. The molecule has 2 heteroatoms. The maximum absolute atomic E-state index is 13.6. The minimum absolute atomic E-state index is 0.267. The Balaban J connectivity index is 2.39. The van der Waals surface area contributed by atoms with Crippen molar-refractivity contribution in [2.45, 2.75) is 6.10 Å². The van der Waals surface area contributed by atoms with Crippen molar-refractivity contribution in [3.8, 4) is 11.1 Å². The van der Waals surface area contributed by atoms with Gasteiger partial charge < -0.3 is 5.11 Å². The molecule has 1 nitrogen and oxygen atoms in total. The number of benzene rings is 2. The van der Waals surface area contributed by atoms with E-state index in [2.05, 4.69) is 0 Å². The van der Waals surface area contributed by atoms with Gasteiger partial charge in [-0.15, -0.1) is 0 Å². The quantitative estimate of drug-likeness (QED) is 0.693. The summed E-state index contributed by atoms with van der Waals surface area (Å²) in [5.41, 5.74) is 2.80. The normalized spacial score (nSPS) is 17.3. The van der Waals surface area contributed by atoms with Crippen LogP contribution in [0.3, 0.4) is 0 Å². The Morgan fingerprint density at radius 2 is 1.67 bits per heavy atom. The van der Waals surface area contributed by atoms with E-state index in [0.717, 1.165) is 11.1 Å². The van der Waals surface area contributed by atoms with Crippen LogP contribution < -0.4 is 0 Å². The summed E-state index contributed by atoms with van der Waals surface area (Å²) in [5.74, 6) is -0.267. The highest BCUT2D eigenvalue weighted by atomic mass is 19.1. The zero-order chi connectivity index (χ0) is 10.4. The van der Waals surface area contributed by atoms with Crippen LogP contribution in [0.5, 0.6) is 0 Å². The van der Waals surface area contributed by atoms with Crippen LogP contribution in [0.2, 0.25) is 0 Å². The number of rotatable bonds is 0. The summed E-state index contributed by atoms with van der Waals surface area (Å²) >= 11 is 0. The molecule has 15 heavy (non-hydrogen) atoms. The topological polar surface area (TPSA) is 20.2 Å². The Bertz CT molecular complexity index is 534. The van der Waals surface area contributed by atoms with Crippen LogP contribution in [0, 0.1) is 5.82 Å². The van der Waals surface area contributed by atoms with Gasteiger partial charge in [-0.2, -0.15) is 0 Å². The van der Waals surface area contributed by atoms with Gasteiger partial charge in [0, 0.05) is 5.56 Å². The van der Waals surface area contributed by atoms with E-state index in [1.165, 1.54) is 6.07 Å². The van der Waals surface area contributed by atoms with Gasteiger partial charge in [-0.25, -0.2) is 4.39 Å². The van der Waals surface area contributed by atoms with Crippen LogP contribution >= 0.6 is 0 Å². The van der Waals surface area contributed by atoms with Crippen LogP contribution in [-0.2, 0) is 0 Å². The van der Waals surface area contributed by atoms with E-state index in [1.54, 1.807) is 12.1 Å². The van der Waals surface area contributed by atoms with Gasteiger partial charge in [0.15, 0.2) is 0 Å². The van der Waals surface area contributed by atoms with Gasteiger partial charge in [0.2, 0.25) is 0 Å². The first-order valence-corrected chi connectivity index (χ1v) is 4.85. The summed E-state index contributed by atoms with van der Waals surface area (Å²) in [6, 6.07) is 12.2. The van der Waals surface area contributed by atoms with Crippen molar-refractivity contribution >= 4 is 0 Å². The Kier molecular flexibility index (Phi) is 1.67. The van der Waals surface area contributed by atoms with Crippen LogP contribution in [-0.4, -0.2) is 5.11 Å². The molecule has 3 rings (SSSR count). The molecule has 2 aromatic carbocycles. The second-order valence-electron chi connectivity index (χ2n) is 3.69. The second-order valence-corrected chi connectivity index (χ2v) is 3.69. The summed E-state index contributed by atoms with van der Waals surface area (Å²) in [6.07, 6.45) is -0.688. The molecular weight excluding hydrogens is 191 g/mol. The molecule has 2 aromatic rings. The molecule has 1 aliphatic rings. The van der Waals surface area contributed by atoms with Crippen molar-refractivity contribution in [2.24, 2.45) is 0 Å². The van der Waals surface area contributed by atoms with Crippen LogP contribution in [0.25, 0.3) is 11.1 Å². The Hall–Kier alpha value is -1.67. The zero-order valence-corrected chi connectivity index (χ0v) is 7.94. The number of hydrogen-bond donors (Lipinski definition) is 1. The fourth-order valence-corrected chi connectivity index (χ4v) is 2.18. The van der Waals surface area contributed by atoms with Crippen LogP contribution in [0.1, 0.15) is 17.2 Å². The lowest BCUT2D eigenvalue weighted by Gasteiger charge is -2.04. The van der Waals surface area contributed by atoms with E-state index in [0.29, 0.717) is 11.1 Å². The van der Waals surface area contributed by atoms with Crippen molar-refractivity contribution < 1.29 is 9.50 Å². The fraction of sp³-hybridized carbons (Fsp3) is 0.0769. The predicted octanol–water partition coefficient (Wildman–Crippen LogP) is 2.89. The Labute approximate surface area is 86.8 Å². The summed E-state index contributed by atoms with van der Waals surface area (Å²) < 4.78 is 13.6. The third kappa shape index (κ3) is 1.05. The number of halogens is 1. The number of hydrogen-bond acceptors (Lipinski definition) is 1. The third-order valence-corrected chi connectivity index (χ3v) is 2.87. The fourth-order valence-electron chi connectivity index (χ4n) is 2.18. The number of aliphatic hydroxyl groups excluding tert-OH is 1. The second kappa shape index (κ2) is 2.91. The van der Waals surface area contributed by atoms with Gasteiger partial charge in [-0.05, 0) is 22.8 Å². The van der Waals surface area contributed by atoms with E-state index in [9.17, 15) is 9.50 Å². The molecule has 0 aromatic heterocycles. The molecule has 1 aliphatic carbocycles. The highest BCUT2D eigenvalue weighted by Gasteiger charge is 2.28. The third-order valence-electron chi connectivity index (χ3n) is 2.87. The highest BCUT2D eigenvalue weighted by molar-refractivity contribution is 5.78. The molecule has 0 unspecified atom stereocenters. The first kappa shape index (κ1) is 8.62. The van der Waals surface area contributed by atoms with Gasteiger partial charge in [-0.1, -0.05) is 36.4 Å². The minimum Gasteiger partial charge on any atom is -0.384 e. The summed E-state index contributed by atoms with van der Waals surface area (Å²) in [4.78, 5) is 0. The van der Waals surface area contributed by atoms with Gasteiger partial charge in [0.05, 0.1) is 0 Å². The minimum atomic E-state index is -0.688. The van der Waals surface area contributed by atoms with Crippen molar-refractivity contribution in [1.29, 1.82) is 0 Å². The SMILES string of the molecule is O[C@@H]1c2ccccc2-c2c(F)cccc21. The molecule has 1 N–H and O–H groups in total.